The molecule has 0 unspecified atom stereocenters. The van der Waals surface area contributed by atoms with Crippen LogP contribution in [0.1, 0.15) is 69.7 Å². The van der Waals surface area contributed by atoms with Gasteiger partial charge in [0.25, 0.3) is 0 Å². The van der Waals surface area contributed by atoms with Crippen LogP contribution in [-0.2, 0) is 11.8 Å². The van der Waals surface area contributed by atoms with Crippen molar-refractivity contribution in [1.82, 2.24) is 34.9 Å². The van der Waals surface area contributed by atoms with Gasteiger partial charge in [-0.1, -0.05) is 56.6 Å². The molecule has 3 N–H and O–H groups in total. The summed E-state index contributed by atoms with van der Waals surface area (Å²) in [5, 5.41) is 8.80. The molecule has 0 spiro atoms. The smallest absolute Gasteiger partial charge is 0.315 e. The summed E-state index contributed by atoms with van der Waals surface area (Å²) < 4.78 is 6.53. The molecule has 5 aromatic rings. The highest BCUT2D eigenvalue weighted by molar-refractivity contribution is 6.31. The number of carbonyl (C=O) groups excluding carboxylic acids is 1. The van der Waals surface area contributed by atoms with Gasteiger partial charge in [0.2, 0.25) is 0 Å². The molecule has 0 radical (unpaired) electrons. The van der Waals surface area contributed by atoms with Crippen molar-refractivity contribution in [1.29, 1.82) is 0 Å². The lowest BCUT2D eigenvalue weighted by atomic mass is 9.96. The molecule has 0 bridgehead atoms. The largest absolute Gasteiger partial charge is 0.361 e. The second-order valence-corrected chi connectivity index (χ2v) is 10.5. The molecule has 4 aromatic heterocycles. The predicted octanol–water partition coefficient (Wildman–Crippen LogP) is 5.75. The standard InChI is InChI=1S/C20H20ClN5.C7H11N3O2/c1-4-13-5-6-14(9-17(13)21)16-7-8-22-20-18(16)24-19(25-20)15-10-23-26(11-15)12(2)3;1-7(2,3)6-9-5(4(8)11)12-10-6/h5-12H,4H2,1-3H3,(H,22,24,25);1-3H3,(H2,8,11). The second-order valence-electron chi connectivity index (χ2n) is 10.1. The van der Waals surface area contributed by atoms with E-state index in [2.05, 4.69) is 67.6 Å². The molecule has 0 aliphatic heterocycles. The van der Waals surface area contributed by atoms with Crippen molar-refractivity contribution >= 4 is 28.7 Å². The van der Waals surface area contributed by atoms with E-state index in [4.69, 9.17) is 17.3 Å². The number of halogens is 1. The van der Waals surface area contributed by atoms with E-state index in [1.165, 1.54) is 0 Å². The molecule has 38 heavy (non-hydrogen) atoms. The summed E-state index contributed by atoms with van der Waals surface area (Å²) in [4.78, 5) is 26.9. The fraction of sp³-hybridized carbons (Fsp3) is 0.333. The van der Waals surface area contributed by atoms with Gasteiger partial charge in [0, 0.05) is 34.4 Å². The molecule has 0 aliphatic rings. The van der Waals surface area contributed by atoms with Crippen LogP contribution in [0.2, 0.25) is 5.02 Å². The monoisotopic (exact) mass is 534 g/mol. The number of nitrogens with two attached hydrogens (primary N) is 1. The summed E-state index contributed by atoms with van der Waals surface area (Å²) >= 11 is 6.41. The zero-order chi connectivity index (χ0) is 27.6. The molecule has 10 nitrogen and oxygen atoms in total. The fourth-order valence-corrected chi connectivity index (χ4v) is 3.97. The lowest BCUT2D eigenvalue weighted by Crippen LogP contribution is -2.15. The Bertz CT molecular complexity index is 1580. The number of rotatable bonds is 5. The summed E-state index contributed by atoms with van der Waals surface area (Å²) in [6.07, 6.45) is 6.51. The number of pyridine rings is 1. The first-order chi connectivity index (χ1) is 18.0. The fourth-order valence-electron chi connectivity index (χ4n) is 3.66. The van der Waals surface area contributed by atoms with Gasteiger partial charge in [-0.25, -0.2) is 9.97 Å². The van der Waals surface area contributed by atoms with E-state index in [0.29, 0.717) is 17.5 Å². The molecule has 0 aliphatic carbocycles. The normalized spacial score (nSPS) is 11.6. The topological polar surface area (TPSA) is 141 Å². The van der Waals surface area contributed by atoms with Gasteiger partial charge in [-0.3, -0.25) is 9.48 Å². The number of benzene rings is 1. The maximum Gasteiger partial charge on any atom is 0.315 e. The van der Waals surface area contributed by atoms with Crippen LogP contribution in [0, 0.1) is 0 Å². The van der Waals surface area contributed by atoms with Crippen LogP contribution >= 0.6 is 11.6 Å². The van der Waals surface area contributed by atoms with E-state index in [9.17, 15) is 4.79 Å². The van der Waals surface area contributed by atoms with Crippen LogP contribution in [0.25, 0.3) is 33.7 Å². The number of carbonyl (C=O) groups is 1. The van der Waals surface area contributed by atoms with Crippen molar-refractivity contribution < 1.29 is 9.32 Å². The first-order valence-electron chi connectivity index (χ1n) is 12.3. The van der Waals surface area contributed by atoms with Crippen molar-refractivity contribution in [3.63, 3.8) is 0 Å². The highest BCUT2D eigenvalue weighted by Crippen LogP contribution is 2.31. The van der Waals surface area contributed by atoms with Gasteiger partial charge in [0.05, 0.1) is 17.3 Å². The minimum absolute atomic E-state index is 0.139. The van der Waals surface area contributed by atoms with Crippen molar-refractivity contribution in [3.05, 3.63) is 65.2 Å². The number of aryl methyl sites for hydroxylation is 1. The van der Waals surface area contributed by atoms with Crippen LogP contribution in [0.4, 0.5) is 0 Å². The van der Waals surface area contributed by atoms with Gasteiger partial charge in [0.1, 0.15) is 5.82 Å². The van der Waals surface area contributed by atoms with E-state index < -0.39 is 5.91 Å². The van der Waals surface area contributed by atoms with E-state index in [1.54, 1.807) is 6.20 Å². The van der Waals surface area contributed by atoms with Crippen molar-refractivity contribution in [2.75, 3.05) is 0 Å². The van der Waals surface area contributed by atoms with Crippen molar-refractivity contribution in [2.45, 2.75) is 59.4 Å². The Balaban J connectivity index is 0.000000236. The Labute approximate surface area is 225 Å². The number of hydrogen-bond acceptors (Lipinski definition) is 7. The Kier molecular flexibility index (Phi) is 7.63. The van der Waals surface area contributed by atoms with Gasteiger partial charge in [-0.05, 0) is 43.5 Å². The minimum atomic E-state index is -0.696. The Morgan fingerprint density at radius 3 is 2.50 bits per heavy atom. The van der Waals surface area contributed by atoms with Crippen molar-refractivity contribution in [2.24, 2.45) is 5.73 Å². The summed E-state index contributed by atoms with van der Waals surface area (Å²) in [6, 6.07) is 8.47. The molecule has 198 valence electrons. The third kappa shape index (κ3) is 5.75. The number of fused-ring (bicyclic) bond motifs is 1. The van der Waals surface area contributed by atoms with Crippen molar-refractivity contribution in [3.8, 4) is 22.5 Å². The Morgan fingerprint density at radius 1 is 1.18 bits per heavy atom. The lowest BCUT2D eigenvalue weighted by Gasteiger charge is -2.10. The zero-order valence-electron chi connectivity index (χ0n) is 22.3. The zero-order valence-corrected chi connectivity index (χ0v) is 23.0. The number of imidazole rings is 1. The van der Waals surface area contributed by atoms with E-state index >= 15 is 0 Å². The number of primary amides is 1. The number of nitrogens with zero attached hydrogens (tertiary/aromatic N) is 6. The summed E-state index contributed by atoms with van der Waals surface area (Å²) in [5.41, 5.74) is 10.5. The highest BCUT2D eigenvalue weighted by atomic mass is 35.5. The molecule has 5 rings (SSSR count). The molecule has 0 fully saturated rings. The molecule has 0 saturated carbocycles. The summed E-state index contributed by atoms with van der Waals surface area (Å²) in [6.45, 7) is 12.1. The van der Waals surface area contributed by atoms with Crippen LogP contribution in [0.5, 0.6) is 0 Å². The molecular weight excluding hydrogens is 504 g/mol. The van der Waals surface area contributed by atoms with E-state index in [0.717, 1.165) is 45.0 Å². The number of aromatic nitrogens is 7. The highest BCUT2D eigenvalue weighted by Gasteiger charge is 2.22. The number of amides is 1. The van der Waals surface area contributed by atoms with E-state index in [-0.39, 0.29) is 11.3 Å². The van der Waals surface area contributed by atoms with Crippen LogP contribution in [0.3, 0.4) is 0 Å². The SMILES string of the molecule is CC(C)(C)c1noc(C(N)=O)n1.CCc1ccc(-c2ccnc3nc(-c4cnn(C(C)C)c4)[nH]c23)cc1Cl. The molecule has 1 amide bonds. The summed E-state index contributed by atoms with van der Waals surface area (Å²) in [5.74, 6) is 0.414. The third-order valence-corrected chi connectivity index (χ3v) is 6.20. The maximum atomic E-state index is 10.6. The molecule has 11 heteroatoms. The molecular formula is C27H31ClN8O2. The van der Waals surface area contributed by atoms with Gasteiger partial charge in [0.15, 0.2) is 11.5 Å². The average Bonchev–Trinajstić information content (AvgIpc) is 3.63. The molecule has 0 saturated heterocycles. The number of nitrogens with one attached hydrogen (secondary N) is 1. The lowest BCUT2D eigenvalue weighted by molar-refractivity contribution is 0.0958. The van der Waals surface area contributed by atoms with Gasteiger partial charge >= 0.3 is 11.8 Å². The number of hydrogen-bond donors (Lipinski definition) is 2. The van der Waals surface area contributed by atoms with Crippen LogP contribution < -0.4 is 5.73 Å². The van der Waals surface area contributed by atoms with Gasteiger partial charge in [-0.2, -0.15) is 10.1 Å². The first-order valence-corrected chi connectivity index (χ1v) is 12.7. The molecule has 0 atom stereocenters. The second kappa shape index (κ2) is 10.7. The Morgan fingerprint density at radius 2 is 1.95 bits per heavy atom. The quantitative estimate of drug-likeness (QED) is 0.292. The maximum absolute atomic E-state index is 10.6. The summed E-state index contributed by atoms with van der Waals surface area (Å²) in [7, 11) is 0. The number of H-pyrrole nitrogens is 1. The first kappa shape index (κ1) is 27.0. The van der Waals surface area contributed by atoms with Gasteiger partial charge < -0.3 is 15.2 Å². The minimum Gasteiger partial charge on any atom is -0.361 e. The van der Waals surface area contributed by atoms with Crippen LogP contribution in [0.15, 0.2) is 47.4 Å². The van der Waals surface area contributed by atoms with Crippen LogP contribution in [-0.4, -0.2) is 40.8 Å². The molecule has 4 heterocycles. The molecule has 1 aromatic carbocycles. The average molecular weight is 535 g/mol. The van der Waals surface area contributed by atoms with E-state index in [1.807, 2.05) is 50.0 Å². The Hall–Kier alpha value is -4.05. The van der Waals surface area contributed by atoms with Gasteiger partial charge in [-0.15, -0.1) is 0 Å². The predicted molar refractivity (Wildman–Crippen MR) is 147 cm³/mol. The number of aromatic amines is 1. The third-order valence-electron chi connectivity index (χ3n) is 5.85.